The van der Waals surface area contributed by atoms with Gasteiger partial charge in [-0.3, -0.25) is 4.99 Å². The van der Waals surface area contributed by atoms with E-state index >= 15 is 0 Å². The topological polar surface area (TPSA) is 77.0 Å². The van der Waals surface area contributed by atoms with Crippen molar-refractivity contribution in [2.75, 3.05) is 47.1 Å². The lowest BCUT2D eigenvalue weighted by molar-refractivity contribution is 0.0487. The molecule has 0 bridgehead atoms. The summed E-state index contributed by atoms with van der Waals surface area (Å²) in [6.45, 7) is 6.09. The van der Waals surface area contributed by atoms with Gasteiger partial charge < -0.3 is 24.8 Å². The lowest BCUT2D eigenvalue weighted by Crippen LogP contribution is -2.38. The van der Waals surface area contributed by atoms with Crippen LogP contribution in [0.15, 0.2) is 23.2 Å². The minimum Gasteiger partial charge on any atom is -0.481 e. The molecule has 1 aromatic heterocycles. The molecule has 0 saturated carbocycles. The summed E-state index contributed by atoms with van der Waals surface area (Å²) in [6.07, 6.45) is 2.26. The Kier molecular flexibility index (Phi) is 11.4. The van der Waals surface area contributed by atoms with Gasteiger partial charge in [0, 0.05) is 26.3 Å². The van der Waals surface area contributed by atoms with Crippen LogP contribution in [0.1, 0.15) is 25.5 Å². The number of aliphatic imine (C=N–C) groups is 1. The highest BCUT2D eigenvalue weighted by Crippen LogP contribution is 2.05. The smallest absolute Gasteiger partial charge is 0.213 e. The molecule has 136 valence electrons. The molecule has 0 spiro atoms. The summed E-state index contributed by atoms with van der Waals surface area (Å²) in [7, 11) is 3.34. The first kappa shape index (κ1) is 20.2. The quantitative estimate of drug-likeness (QED) is 0.342. The number of unbranched alkanes of at least 4 members (excludes halogenated alkanes) is 1. The molecule has 7 nitrogen and oxygen atoms in total. The molecule has 0 saturated heterocycles. The normalized spacial score (nSPS) is 11.4. The molecule has 0 atom stereocenters. The van der Waals surface area contributed by atoms with Crippen molar-refractivity contribution in [3.63, 3.8) is 0 Å². The lowest BCUT2D eigenvalue weighted by Gasteiger charge is -2.12. The Morgan fingerprint density at radius 1 is 1.12 bits per heavy atom. The predicted molar refractivity (Wildman–Crippen MR) is 95.5 cm³/mol. The summed E-state index contributed by atoms with van der Waals surface area (Å²) >= 11 is 0. The second-order valence-corrected chi connectivity index (χ2v) is 5.10. The summed E-state index contributed by atoms with van der Waals surface area (Å²) in [6, 6.07) is 5.67. The van der Waals surface area contributed by atoms with Crippen molar-refractivity contribution in [3.05, 3.63) is 23.9 Å². The van der Waals surface area contributed by atoms with Crippen molar-refractivity contribution in [1.29, 1.82) is 0 Å². The minimum atomic E-state index is 0.572. The first-order valence-corrected chi connectivity index (χ1v) is 8.40. The fourth-order valence-corrected chi connectivity index (χ4v) is 1.87. The molecule has 0 fully saturated rings. The van der Waals surface area contributed by atoms with Gasteiger partial charge in [-0.05, 0) is 12.5 Å². The van der Waals surface area contributed by atoms with Crippen LogP contribution in [0.2, 0.25) is 0 Å². The van der Waals surface area contributed by atoms with Gasteiger partial charge in [-0.1, -0.05) is 19.4 Å². The zero-order valence-electron chi connectivity index (χ0n) is 15.0. The number of hydrogen-bond acceptors (Lipinski definition) is 5. The zero-order valence-corrected chi connectivity index (χ0v) is 15.0. The molecule has 0 aliphatic heterocycles. The van der Waals surface area contributed by atoms with Crippen LogP contribution < -0.4 is 15.4 Å². The van der Waals surface area contributed by atoms with Crippen LogP contribution >= 0.6 is 0 Å². The largest absolute Gasteiger partial charge is 0.481 e. The Balaban J connectivity index is 2.10. The molecule has 0 aliphatic carbocycles. The van der Waals surface area contributed by atoms with Crippen LogP contribution in [-0.2, 0) is 16.0 Å². The minimum absolute atomic E-state index is 0.572. The fourth-order valence-electron chi connectivity index (χ4n) is 1.87. The Bertz CT molecular complexity index is 469. The van der Waals surface area contributed by atoms with Crippen LogP contribution in [0.25, 0.3) is 0 Å². The number of nitrogens with zero attached hydrogens (tertiary/aromatic N) is 2. The summed E-state index contributed by atoms with van der Waals surface area (Å²) < 4.78 is 16.0. The SMILES string of the molecule is CCCCOCCOCCNC(=NC)NCc1cccc(OC)n1. The van der Waals surface area contributed by atoms with Gasteiger partial charge in [0.15, 0.2) is 5.96 Å². The van der Waals surface area contributed by atoms with Crippen LogP contribution in [-0.4, -0.2) is 58.1 Å². The van der Waals surface area contributed by atoms with Gasteiger partial charge in [-0.25, -0.2) is 4.98 Å². The third-order valence-electron chi connectivity index (χ3n) is 3.20. The maximum absolute atomic E-state index is 5.50. The zero-order chi connectivity index (χ0) is 17.5. The number of hydrogen-bond donors (Lipinski definition) is 2. The molecule has 7 heteroatoms. The van der Waals surface area contributed by atoms with Crippen LogP contribution in [0, 0.1) is 0 Å². The van der Waals surface area contributed by atoms with E-state index < -0.39 is 0 Å². The number of pyridine rings is 1. The Labute approximate surface area is 144 Å². The summed E-state index contributed by atoms with van der Waals surface area (Å²) in [4.78, 5) is 8.51. The highest BCUT2D eigenvalue weighted by atomic mass is 16.5. The molecule has 0 aliphatic rings. The Hall–Kier alpha value is -1.86. The van der Waals surface area contributed by atoms with E-state index in [1.54, 1.807) is 14.2 Å². The Morgan fingerprint density at radius 3 is 2.62 bits per heavy atom. The standard InChI is InChI=1S/C17H30N4O3/c1-4-5-10-23-12-13-24-11-9-19-17(18-2)20-14-15-7-6-8-16(21-15)22-3/h6-8H,4-5,9-14H2,1-3H3,(H2,18,19,20). The summed E-state index contributed by atoms with van der Waals surface area (Å²) in [5.41, 5.74) is 0.887. The molecule has 0 aromatic carbocycles. The van der Waals surface area contributed by atoms with Crippen molar-refractivity contribution in [2.45, 2.75) is 26.3 Å². The van der Waals surface area contributed by atoms with Gasteiger partial charge in [-0.2, -0.15) is 0 Å². The molecule has 1 heterocycles. The van der Waals surface area contributed by atoms with E-state index in [1.807, 2.05) is 18.2 Å². The van der Waals surface area contributed by atoms with Gasteiger partial charge >= 0.3 is 0 Å². The van der Waals surface area contributed by atoms with Crippen molar-refractivity contribution in [2.24, 2.45) is 4.99 Å². The van der Waals surface area contributed by atoms with E-state index in [9.17, 15) is 0 Å². The number of methoxy groups -OCH3 is 1. The summed E-state index contributed by atoms with van der Waals surface area (Å²) in [5, 5.41) is 6.40. The van der Waals surface area contributed by atoms with Crippen molar-refractivity contribution in [1.82, 2.24) is 15.6 Å². The number of nitrogens with one attached hydrogen (secondary N) is 2. The lowest BCUT2D eigenvalue weighted by atomic mass is 10.3. The third-order valence-corrected chi connectivity index (χ3v) is 3.20. The molecule has 1 rings (SSSR count). The van der Waals surface area contributed by atoms with E-state index in [1.165, 1.54) is 0 Å². The van der Waals surface area contributed by atoms with Gasteiger partial charge in [0.2, 0.25) is 5.88 Å². The second kappa shape index (κ2) is 13.6. The number of guanidine groups is 1. The number of aromatic nitrogens is 1. The van der Waals surface area contributed by atoms with Gasteiger partial charge in [0.1, 0.15) is 0 Å². The first-order valence-electron chi connectivity index (χ1n) is 8.40. The average Bonchev–Trinajstić information content (AvgIpc) is 2.63. The maximum atomic E-state index is 5.50. The van der Waals surface area contributed by atoms with Gasteiger partial charge in [-0.15, -0.1) is 0 Å². The average molecular weight is 338 g/mol. The fraction of sp³-hybridized carbons (Fsp3) is 0.647. The van der Waals surface area contributed by atoms with E-state index in [-0.39, 0.29) is 0 Å². The predicted octanol–water partition coefficient (Wildman–Crippen LogP) is 1.59. The van der Waals surface area contributed by atoms with Gasteiger partial charge in [0.05, 0.1) is 39.2 Å². The second-order valence-electron chi connectivity index (χ2n) is 5.10. The van der Waals surface area contributed by atoms with Crippen molar-refractivity contribution in [3.8, 4) is 5.88 Å². The van der Waals surface area contributed by atoms with Crippen molar-refractivity contribution < 1.29 is 14.2 Å². The van der Waals surface area contributed by atoms with Crippen LogP contribution in [0.3, 0.4) is 0 Å². The van der Waals surface area contributed by atoms with Crippen molar-refractivity contribution >= 4 is 5.96 Å². The first-order chi connectivity index (χ1) is 11.8. The molecule has 0 amide bonds. The molecular weight excluding hydrogens is 308 g/mol. The molecule has 24 heavy (non-hydrogen) atoms. The third kappa shape index (κ3) is 9.32. The summed E-state index contributed by atoms with van der Waals surface area (Å²) in [5.74, 6) is 1.31. The number of ether oxygens (including phenoxy) is 3. The van der Waals surface area contributed by atoms with Crippen LogP contribution in [0.5, 0.6) is 5.88 Å². The van der Waals surface area contributed by atoms with Gasteiger partial charge in [0.25, 0.3) is 0 Å². The van der Waals surface area contributed by atoms with E-state index in [0.29, 0.717) is 44.7 Å². The van der Waals surface area contributed by atoms with E-state index in [4.69, 9.17) is 14.2 Å². The molecule has 1 aromatic rings. The molecule has 0 radical (unpaired) electrons. The van der Waals surface area contributed by atoms with E-state index in [2.05, 4.69) is 27.5 Å². The maximum Gasteiger partial charge on any atom is 0.213 e. The highest BCUT2D eigenvalue weighted by Gasteiger charge is 2.00. The molecule has 0 unspecified atom stereocenters. The molecular formula is C17H30N4O3. The monoisotopic (exact) mass is 338 g/mol. The molecule has 2 N–H and O–H groups in total. The number of rotatable bonds is 12. The van der Waals surface area contributed by atoms with Crippen LogP contribution in [0.4, 0.5) is 0 Å². The van der Waals surface area contributed by atoms with E-state index in [0.717, 1.165) is 25.1 Å². The highest BCUT2D eigenvalue weighted by molar-refractivity contribution is 5.79. The Morgan fingerprint density at radius 2 is 1.92 bits per heavy atom.